The Morgan fingerprint density at radius 1 is 1.04 bits per heavy atom. The molecule has 5 fully saturated rings. The predicted octanol–water partition coefficient (Wildman–Crippen LogP) is 2.70. The molecule has 2 aliphatic heterocycles. The van der Waals surface area contributed by atoms with Crippen LogP contribution in [0.15, 0.2) is 12.3 Å². The molecule has 2 heterocycles. The van der Waals surface area contributed by atoms with Crippen molar-refractivity contribution in [3.63, 3.8) is 0 Å². The van der Waals surface area contributed by atoms with Gasteiger partial charge in [-0.15, -0.1) is 0 Å². The van der Waals surface area contributed by atoms with Crippen LogP contribution in [0.3, 0.4) is 0 Å². The van der Waals surface area contributed by atoms with Crippen LogP contribution in [-0.4, -0.2) is 60.3 Å². The fraction of sp³-hybridized carbons (Fsp3) is 0.842. The molecule has 0 unspecified atom stereocenters. The number of hydrogen-bond donors (Lipinski definition) is 0. The molecule has 6 aliphatic rings. The molecule has 6 rings (SSSR count). The van der Waals surface area contributed by atoms with E-state index in [1.165, 1.54) is 38.5 Å². The number of hydrogen-bond acceptors (Lipinski definition) is 3. The van der Waals surface area contributed by atoms with Gasteiger partial charge in [-0.05, 0) is 67.8 Å². The summed E-state index contributed by atoms with van der Waals surface area (Å²) in [6, 6.07) is 0.160. The average Bonchev–Trinajstić information content (AvgIpc) is 3.01. The second kappa shape index (κ2) is 5.65. The Bertz CT molecular complexity index is 505. The Morgan fingerprint density at radius 3 is 2.29 bits per heavy atom. The van der Waals surface area contributed by atoms with Gasteiger partial charge in [-0.3, -0.25) is 5.01 Å². The van der Waals surface area contributed by atoms with Crippen molar-refractivity contribution >= 4 is 6.03 Å². The third-order valence-electron chi connectivity index (χ3n) is 7.03. The molecule has 0 aromatic rings. The largest absolute Gasteiger partial charge is 0.378 e. The average molecular weight is 331 g/mol. The maximum atomic E-state index is 12.9. The maximum Gasteiger partial charge on any atom is 0.339 e. The summed E-state index contributed by atoms with van der Waals surface area (Å²) >= 11 is 0. The van der Waals surface area contributed by atoms with Crippen molar-refractivity contribution < 1.29 is 9.53 Å². The maximum absolute atomic E-state index is 12.9. The van der Waals surface area contributed by atoms with E-state index >= 15 is 0 Å². The van der Waals surface area contributed by atoms with Gasteiger partial charge in [0.05, 0.1) is 19.8 Å². The molecule has 5 heteroatoms. The molecule has 4 bridgehead atoms. The number of urea groups is 1. The zero-order valence-electron chi connectivity index (χ0n) is 14.5. The molecule has 0 spiro atoms. The van der Waals surface area contributed by atoms with Gasteiger partial charge in [0.15, 0.2) is 0 Å². The first-order valence-electron chi connectivity index (χ1n) is 9.78. The lowest BCUT2D eigenvalue weighted by atomic mass is 9.49. The summed E-state index contributed by atoms with van der Waals surface area (Å²) < 4.78 is 5.39. The Morgan fingerprint density at radius 2 is 1.67 bits per heavy atom. The highest BCUT2D eigenvalue weighted by Gasteiger charge is 2.52. The molecule has 0 aromatic heterocycles. The van der Waals surface area contributed by atoms with Gasteiger partial charge in [-0.1, -0.05) is 0 Å². The van der Waals surface area contributed by atoms with Gasteiger partial charge in [-0.2, -0.15) is 0 Å². The Balaban J connectivity index is 1.29. The highest BCUT2D eigenvalue weighted by molar-refractivity contribution is 5.74. The lowest BCUT2D eigenvalue weighted by Gasteiger charge is -2.58. The first-order chi connectivity index (χ1) is 11.7. The van der Waals surface area contributed by atoms with Gasteiger partial charge in [-0.25, -0.2) is 9.80 Å². The van der Waals surface area contributed by atoms with Gasteiger partial charge < -0.3 is 9.64 Å². The fourth-order valence-corrected chi connectivity index (χ4v) is 6.53. The normalized spacial score (nSPS) is 40.7. The molecule has 4 saturated carbocycles. The smallest absolute Gasteiger partial charge is 0.339 e. The molecule has 4 aliphatic carbocycles. The van der Waals surface area contributed by atoms with Crippen molar-refractivity contribution in [2.45, 2.75) is 38.5 Å². The summed E-state index contributed by atoms with van der Waals surface area (Å²) in [4.78, 5) is 14.9. The van der Waals surface area contributed by atoms with Crippen LogP contribution in [0.25, 0.3) is 0 Å². The molecule has 24 heavy (non-hydrogen) atoms. The first-order valence-corrected chi connectivity index (χ1v) is 9.78. The second-order valence-electron chi connectivity index (χ2n) is 8.86. The van der Waals surface area contributed by atoms with Crippen LogP contribution >= 0.6 is 0 Å². The zero-order chi connectivity index (χ0) is 16.1. The molecule has 1 saturated heterocycles. The van der Waals surface area contributed by atoms with Crippen LogP contribution in [0, 0.1) is 23.2 Å². The van der Waals surface area contributed by atoms with Crippen LogP contribution in [0.2, 0.25) is 0 Å². The van der Waals surface area contributed by atoms with Crippen LogP contribution in [0.4, 0.5) is 4.79 Å². The van der Waals surface area contributed by atoms with E-state index in [2.05, 4.69) is 17.3 Å². The minimum Gasteiger partial charge on any atom is -0.378 e. The van der Waals surface area contributed by atoms with Gasteiger partial charge >= 0.3 is 6.03 Å². The highest BCUT2D eigenvalue weighted by atomic mass is 16.5. The molecule has 0 aromatic carbocycles. The van der Waals surface area contributed by atoms with Crippen molar-refractivity contribution in [3.8, 4) is 0 Å². The fourth-order valence-electron chi connectivity index (χ4n) is 6.53. The lowest BCUT2D eigenvalue weighted by molar-refractivity contribution is -0.0863. The first kappa shape index (κ1) is 15.1. The zero-order valence-corrected chi connectivity index (χ0v) is 14.5. The number of ether oxygens (including phenoxy) is 1. The number of amides is 2. The molecule has 0 N–H and O–H groups in total. The number of carbonyl (C=O) groups excluding carboxylic acids is 1. The lowest BCUT2D eigenvalue weighted by Crippen LogP contribution is -2.56. The van der Waals surface area contributed by atoms with Gasteiger partial charge in [0.25, 0.3) is 0 Å². The number of nitrogens with zero attached hydrogens (tertiary/aromatic N) is 3. The van der Waals surface area contributed by atoms with Gasteiger partial charge in [0.2, 0.25) is 0 Å². The molecular formula is C19H29N3O2. The standard InChI is InChI=1S/C19H29N3O2/c23-18(20-4-6-24-7-5-20)22-3-1-2-21(22)14-19-11-15-8-16(12-19)10-17(9-15)13-19/h1-2,15-17H,3-14H2. The Kier molecular flexibility index (Phi) is 3.55. The van der Waals surface area contributed by atoms with Crippen molar-refractivity contribution in [1.29, 1.82) is 0 Å². The van der Waals surface area contributed by atoms with Crippen LogP contribution in [0.1, 0.15) is 38.5 Å². The summed E-state index contributed by atoms with van der Waals surface area (Å²) in [5.41, 5.74) is 0.465. The number of morpholine rings is 1. The van der Waals surface area contributed by atoms with E-state index in [0.29, 0.717) is 18.6 Å². The minimum absolute atomic E-state index is 0.160. The van der Waals surface area contributed by atoms with Gasteiger partial charge in [0, 0.05) is 25.8 Å². The van der Waals surface area contributed by atoms with E-state index in [-0.39, 0.29) is 6.03 Å². The Hall–Kier alpha value is -1.23. The van der Waals surface area contributed by atoms with E-state index in [1.54, 1.807) is 0 Å². The van der Waals surface area contributed by atoms with Gasteiger partial charge in [0.1, 0.15) is 0 Å². The predicted molar refractivity (Wildman–Crippen MR) is 90.9 cm³/mol. The van der Waals surface area contributed by atoms with Crippen molar-refractivity contribution in [2.24, 2.45) is 23.2 Å². The van der Waals surface area contributed by atoms with Crippen molar-refractivity contribution in [2.75, 3.05) is 39.4 Å². The van der Waals surface area contributed by atoms with E-state index in [0.717, 1.165) is 43.9 Å². The quantitative estimate of drug-likeness (QED) is 0.780. The minimum atomic E-state index is 0.160. The van der Waals surface area contributed by atoms with Crippen LogP contribution in [-0.2, 0) is 4.74 Å². The number of hydrazine groups is 1. The molecule has 0 radical (unpaired) electrons. The number of rotatable bonds is 2. The third-order valence-corrected chi connectivity index (χ3v) is 7.03. The summed E-state index contributed by atoms with van der Waals surface area (Å²) in [6.07, 6.45) is 12.9. The van der Waals surface area contributed by atoms with Crippen LogP contribution in [0.5, 0.6) is 0 Å². The molecule has 0 atom stereocenters. The topological polar surface area (TPSA) is 36.0 Å². The van der Waals surface area contributed by atoms with Crippen molar-refractivity contribution in [1.82, 2.24) is 14.9 Å². The number of carbonyl (C=O) groups is 1. The molecule has 2 amide bonds. The SMILES string of the molecule is O=C(N1CCOCC1)N1CC=CN1CC12CC3CC(CC(C3)C1)C2. The van der Waals surface area contributed by atoms with E-state index in [9.17, 15) is 4.79 Å². The van der Waals surface area contributed by atoms with Crippen LogP contribution < -0.4 is 0 Å². The summed E-state index contributed by atoms with van der Waals surface area (Å²) in [5, 5.41) is 4.20. The monoisotopic (exact) mass is 331 g/mol. The van der Waals surface area contributed by atoms with E-state index in [4.69, 9.17) is 4.74 Å². The molecular weight excluding hydrogens is 302 g/mol. The third kappa shape index (κ3) is 2.52. The highest BCUT2D eigenvalue weighted by Crippen LogP contribution is 2.60. The summed E-state index contributed by atoms with van der Waals surface area (Å²) in [7, 11) is 0. The summed E-state index contributed by atoms with van der Waals surface area (Å²) in [5.74, 6) is 2.89. The summed E-state index contributed by atoms with van der Waals surface area (Å²) in [6.45, 7) is 4.55. The van der Waals surface area contributed by atoms with E-state index < -0.39 is 0 Å². The molecule has 5 nitrogen and oxygen atoms in total. The second-order valence-corrected chi connectivity index (χ2v) is 8.86. The van der Waals surface area contributed by atoms with E-state index in [1.807, 2.05) is 9.91 Å². The Labute approximate surface area is 144 Å². The van der Waals surface area contributed by atoms with Crippen molar-refractivity contribution in [3.05, 3.63) is 12.3 Å². The molecule has 132 valence electrons.